The van der Waals surface area contributed by atoms with Crippen molar-refractivity contribution in [1.82, 2.24) is 9.88 Å². The van der Waals surface area contributed by atoms with Gasteiger partial charge in [-0.25, -0.2) is 0 Å². The van der Waals surface area contributed by atoms with Crippen LogP contribution in [0.1, 0.15) is 15.9 Å². The second kappa shape index (κ2) is 9.01. The minimum absolute atomic E-state index is 0.00981. The van der Waals surface area contributed by atoms with Crippen molar-refractivity contribution in [2.45, 2.75) is 19.6 Å². The number of nitrogens with zero attached hydrogens (tertiary/aromatic N) is 1. The fraction of sp³-hybridized carbons (Fsp3) is 0.160. The number of rotatable bonds is 5. The van der Waals surface area contributed by atoms with E-state index in [0.717, 1.165) is 0 Å². The Morgan fingerprint density at radius 2 is 1.50 bits per heavy atom. The summed E-state index contributed by atoms with van der Waals surface area (Å²) in [4.78, 5) is 37.9. The molecular formula is C25H20F3N3O3. The molecule has 0 unspecified atom stereocenters. The molecular weight excluding hydrogens is 447 g/mol. The second-order valence-electron chi connectivity index (χ2n) is 7.83. The first-order valence-electron chi connectivity index (χ1n) is 10.4. The third kappa shape index (κ3) is 4.78. The van der Waals surface area contributed by atoms with Crippen LogP contribution < -0.4 is 16.1 Å². The van der Waals surface area contributed by atoms with E-state index in [-0.39, 0.29) is 17.5 Å². The van der Waals surface area contributed by atoms with Crippen LogP contribution in [0.25, 0.3) is 21.8 Å². The number of hydrogen-bond donors (Lipinski definition) is 2. The molecule has 34 heavy (non-hydrogen) atoms. The molecule has 0 spiro atoms. The molecule has 2 amide bonds. The number of anilines is 1. The van der Waals surface area contributed by atoms with Crippen molar-refractivity contribution in [3.63, 3.8) is 0 Å². The molecule has 0 saturated heterocycles. The molecule has 0 saturated carbocycles. The first-order valence-corrected chi connectivity index (χ1v) is 10.4. The van der Waals surface area contributed by atoms with Gasteiger partial charge in [0.1, 0.15) is 13.1 Å². The van der Waals surface area contributed by atoms with E-state index in [1.165, 1.54) is 12.1 Å². The minimum Gasteiger partial charge on any atom is -0.343 e. The van der Waals surface area contributed by atoms with Crippen molar-refractivity contribution in [3.05, 3.63) is 88.1 Å². The first-order chi connectivity index (χ1) is 16.1. The van der Waals surface area contributed by atoms with Crippen LogP contribution in [0.4, 0.5) is 18.9 Å². The van der Waals surface area contributed by atoms with Gasteiger partial charge in [-0.3, -0.25) is 14.4 Å². The largest absolute Gasteiger partial charge is 0.405 e. The third-order valence-electron chi connectivity index (χ3n) is 5.40. The van der Waals surface area contributed by atoms with Crippen LogP contribution in [0, 0.1) is 6.92 Å². The molecule has 0 aliphatic rings. The molecule has 6 nitrogen and oxygen atoms in total. The number of pyridine rings is 1. The average molecular weight is 467 g/mol. The lowest BCUT2D eigenvalue weighted by Crippen LogP contribution is -2.33. The topological polar surface area (TPSA) is 80.2 Å². The van der Waals surface area contributed by atoms with Crippen LogP contribution in [0.15, 0.2) is 71.5 Å². The molecule has 0 aliphatic carbocycles. The summed E-state index contributed by atoms with van der Waals surface area (Å²) in [5.74, 6) is -1.32. The number of aromatic nitrogens is 1. The van der Waals surface area contributed by atoms with Crippen LogP contribution in [0.3, 0.4) is 0 Å². The summed E-state index contributed by atoms with van der Waals surface area (Å²) in [5.41, 5.74) is 1.99. The van der Waals surface area contributed by atoms with Gasteiger partial charge < -0.3 is 15.2 Å². The predicted octanol–water partition coefficient (Wildman–Crippen LogP) is 4.39. The fourth-order valence-corrected chi connectivity index (χ4v) is 3.76. The Morgan fingerprint density at radius 1 is 0.912 bits per heavy atom. The van der Waals surface area contributed by atoms with Gasteiger partial charge >= 0.3 is 6.18 Å². The van der Waals surface area contributed by atoms with Crippen LogP contribution in [0.5, 0.6) is 0 Å². The Hall–Kier alpha value is -4.14. The van der Waals surface area contributed by atoms with Crippen LogP contribution in [-0.4, -0.2) is 29.1 Å². The van der Waals surface area contributed by atoms with Gasteiger partial charge in [-0.15, -0.1) is 0 Å². The van der Waals surface area contributed by atoms with Crippen LogP contribution in [-0.2, 0) is 11.3 Å². The fourth-order valence-electron chi connectivity index (χ4n) is 3.76. The molecule has 1 aromatic heterocycles. The van der Waals surface area contributed by atoms with Gasteiger partial charge in [-0.05, 0) is 48.9 Å². The summed E-state index contributed by atoms with van der Waals surface area (Å²) >= 11 is 0. The molecule has 0 bridgehead atoms. The zero-order valence-corrected chi connectivity index (χ0v) is 18.1. The van der Waals surface area contributed by atoms with E-state index in [4.69, 9.17) is 0 Å². The molecule has 0 radical (unpaired) electrons. The van der Waals surface area contributed by atoms with Crippen molar-refractivity contribution in [3.8, 4) is 0 Å². The first kappa shape index (κ1) is 23.0. The molecule has 0 aliphatic heterocycles. The summed E-state index contributed by atoms with van der Waals surface area (Å²) in [6.45, 7) is 0.135. The van der Waals surface area contributed by atoms with Crippen LogP contribution in [0.2, 0.25) is 0 Å². The highest BCUT2D eigenvalue weighted by Crippen LogP contribution is 2.21. The predicted molar refractivity (Wildman–Crippen MR) is 124 cm³/mol. The summed E-state index contributed by atoms with van der Waals surface area (Å²) < 4.78 is 39.0. The van der Waals surface area contributed by atoms with Crippen molar-refractivity contribution in [2.24, 2.45) is 0 Å². The molecule has 3 aromatic carbocycles. The number of carbonyl (C=O) groups excluding carboxylic acids is 2. The Morgan fingerprint density at radius 3 is 2.09 bits per heavy atom. The highest BCUT2D eigenvalue weighted by molar-refractivity contribution is 5.99. The Labute approximate surface area is 192 Å². The standard InChI is InChI=1S/C25H20F3N3O3/c1-15-10-11-16(24(34)29-14-25(26,27)28)12-19(15)30-22(32)13-31-20-8-4-2-6-17(20)23(33)18-7-3-5-9-21(18)31/h2-12H,13-14H2,1H3,(H,29,34)(H,30,32). The maximum absolute atomic E-state index is 13.0. The lowest BCUT2D eigenvalue weighted by Gasteiger charge is -2.16. The maximum Gasteiger partial charge on any atom is 0.405 e. The zero-order chi connectivity index (χ0) is 24.5. The number of benzene rings is 3. The van der Waals surface area contributed by atoms with Crippen molar-refractivity contribution in [1.29, 1.82) is 0 Å². The quantitative estimate of drug-likeness (QED) is 0.427. The van der Waals surface area contributed by atoms with Gasteiger partial charge in [0.25, 0.3) is 5.91 Å². The SMILES string of the molecule is Cc1ccc(C(=O)NCC(F)(F)F)cc1NC(=O)Cn1c2ccccc2c(=O)c2ccccc21. The monoisotopic (exact) mass is 467 g/mol. The lowest BCUT2D eigenvalue weighted by atomic mass is 10.1. The van der Waals surface area contributed by atoms with Gasteiger partial charge in [0.15, 0.2) is 5.43 Å². The van der Waals surface area contributed by atoms with Gasteiger partial charge in [-0.2, -0.15) is 13.2 Å². The number of nitrogens with one attached hydrogen (secondary N) is 2. The number of para-hydroxylation sites is 2. The number of hydrogen-bond acceptors (Lipinski definition) is 3. The summed E-state index contributed by atoms with van der Waals surface area (Å²) in [6, 6.07) is 18.2. The van der Waals surface area contributed by atoms with Gasteiger partial charge in [0, 0.05) is 22.0 Å². The highest BCUT2D eigenvalue weighted by atomic mass is 19.4. The Bertz CT molecular complexity index is 1420. The number of carbonyl (C=O) groups is 2. The number of aryl methyl sites for hydroxylation is 1. The Kier molecular flexibility index (Phi) is 6.10. The van der Waals surface area contributed by atoms with E-state index >= 15 is 0 Å². The molecule has 0 fully saturated rings. The summed E-state index contributed by atoms with van der Waals surface area (Å²) in [5, 5.41) is 5.50. The maximum atomic E-state index is 13.0. The molecule has 4 rings (SSSR count). The lowest BCUT2D eigenvalue weighted by molar-refractivity contribution is -0.123. The molecule has 0 atom stereocenters. The van der Waals surface area contributed by atoms with E-state index in [2.05, 4.69) is 5.32 Å². The van der Waals surface area contributed by atoms with E-state index in [1.54, 1.807) is 66.1 Å². The van der Waals surface area contributed by atoms with Gasteiger partial charge in [-0.1, -0.05) is 30.3 Å². The number of alkyl halides is 3. The van der Waals surface area contributed by atoms with Crippen LogP contribution >= 0.6 is 0 Å². The minimum atomic E-state index is -4.53. The van der Waals surface area contributed by atoms with E-state index in [9.17, 15) is 27.6 Å². The molecule has 1 heterocycles. The molecule has 174 valence electrons. The van der Waals surface area contributed by atoms with E-state index < -0.39 is 24.5 Å². The van der Waals surface area contributed by atoms with E-state index in [0.29, 0.717) is 33.1 Å². The number of halogens is 3. The van der Waals surface area contributed by atoms with E-state index in [1.807, 2.05) is 5.32 Å². The summed E-state index contributed by atoms with van der Waals surface area (Å²) in [6.07, 6.45) is -4.53. The molecule has 9 heteroatoms. The Balaban J connectivity index is 1.63. The van der Waals surface area contributed by atoms with Crippen molar-refractivity contribution in [2.75, 3.05) is 11.9 Å². The number of amides is 2. The summed E-state index contributed by atoms with van der Waals surface area (Å²) in [7, 11) is 0. The average Bonchev–Trinajstić information content (AvgIpc) is 2.81. The molecule has 4 aromatic rings. The van der Waals surface area contributed by atoms with Crippen molar-refractivity contribution < 1.29 is 22.8 Å². The second-order valence-corrected chi connectivity index (χ2v) is 7.83. The smallest absolute Gasteiger partial charge is 0.343 e. The number of fused-ring (bicyclic) bond motifs is 2. The van der Waals surface area contributed by atoms with Gasteiger partial charge in [0.2, 0.25) is 5.91 Å². The van der Waals surface area contributed by atoms with Crippen molar-refractivity contribution >= 4 is 39.3 Å². The van der Waals surface area contributed by atoms with Gasteiger partial charge in [0.05, 0.1) is 11.0 Å². The zero-order valence-electron chi connectivity index (χ0n) is 18.1. The molecule has 2 N–H and O–H groups in total. The normalized spacial score (nSPS) is 11.5. The highest BCUT2D eigenvalue weighted by Gasteiger charge is 2.28. The third-order valence-corrected chi connectivity index (χ3v) is 5.40.